The Bertz CT molecular complexity index is 321. The summed E-state index contributed by atoms with van der Waals surface area (Å²) in [6, 6.07) is 0. The molecule has 0 saturated carbocycles. The number of unbranched alkanes of at least 4 members (excludes halogenated alkanes) is 3. The van der Waals surface area contributed by atoms with E-state index in [0.717, 1.165) is 31.2 Å². The molecule has 0 saturated heterocycles. The normalized spacial score (nSPS) is 11.4. The number of nitrogens with two attached hydrogens (primary N) is 1. The molecule has 0 bridgehead atoms. The van der Waals surface area contributed by atoms with Crippen molar-refractivity contribution >= 4 is 0 Å². The van der Waals surface area contributed by atoms with E-state index in [9.17, 15) is 0 Å². The fourth-order valence-electron chi connectivity index (χ4n) is 2.02. The predicted molar refractivity (Wildman–Crippen MR) is 78.7 cm³/mol. The first kappa shape index (κ1) is 16.1. The highest BCUT2D eigenvalue weighted by atomic mass is 15.4. The molecule has 0 amide bonds. The number of rotatable bonds is 11. The van der Waals surface area contributed by atoms with E-state index in [1.165, 1.54) is 32.1 Å². The van der Waals surface area contributed by atoms with Crippen LogP contribution < -0.4 is 11.1 Å². The van der Waals surface area contributed by atoms with E-state index in [1.54, 1.807) is 0 Å². The standard InChI is InChI=1S/C14H29N5/c1-13(2)7-5-3-4-6-8-16-9-10-19-12-14(11-15)17-18-19/h12-13,16H,3-11,15H2,1-2H3. The van der Waals surface area contributed by atoms with E-state index in [0.29, 0.717) is 6.54 Å². The molecular weight excluding hydrogens is 238 g/mol. The molecule has 1 aromatic rings. The minimum atomic E-state index is 0.462. The van der Waals surface area contributed by atoms with E-state index < -0.39 is 0 Å². The Kier molecular flexibility index (Phi) is 8.41. The maximum absolute atomic E-state index is 5.48. The van der Waals surface area contributed by atoms with Crippen molar-refractivity contribution < 1.29 is 0 Å². The number of hydrogen-bond donors (Lipinski definition) is 2. The Labute approximate surface area is 116 Å². The number of aromatic nitrogens is 3. The molecule has 0 aromatic carbocycles. The molecule has 3 N–H and O–H groups in total. The van der Waals surface area contributed by atoms with E-state index in [1.807, 2.05) is 10.9 Å². The maximum atomic E-state index is 5.48. The van der Waals surface area contributed by atoms with Crippen molar-refractivity contribution in [1.29, 1.82) is 0 Å². The molecular formula is C14H29N5. The molecule has 5 nitrogen and oxygen atoms in total. The summed E-state index contributed by atoms with van der Waals surface area (Å²) in [6.45, 7) is 7.95. The first-order valence-electron chi connectivity index (χ1n) is 7.52. The molecule has 0 unspecified atom stereocenters. The minimum absolute atomic E-state index is 0.462. The largest absolute Gasteiger partial charge is 0.325 e. The number of nitrogens with zero attached hydrogens (tertiary/aromatic N) is 3. The smallest absolute Gasteiger partial charge is 0.0962 e. The van der Waals surface area contributed by atoms with E-state index >= 15 is 0 Å². The lowest BCUT2D eigenvalue weighted by atomic mass is 10.0. The SMILES string of the molecule is CC(C)CCCCCCNCCn1cc(CN)nn1. The Morgan fingerprint density at radius 3 is 2.68 bits per heavy atom. The van der Waals surface area contributed by atoms with E-state index in [2.05, 4.69) is 29.5 Å². The molecule has 0 aliphatic rings. The van der Waals surface area contributed by atoms with Crippen LogP contribution in [0, 0.1) is 5.92 Å². The highest BCUT2D eigenvalue weighted by Gasteiger charge is 1.98. The molecule has 0 aliphatic carbocycles. The van der Waals surface area contributed by atoms with Crippen LogP contribution in [-0.4, -0.2) is 28.1 Å². The topological polar surface area (TPSA) is 68.8 Å². The first-order valence-corrected chi connectivity index (χ1v) is 7.52. The van der Waals surface area contributed by atoms with Gasteiger partial charge in [0, 0.05) is 19.3 Å². The van der Waals surface area contributed by atoms with Crippen LogP contribution in [0.25, 0.3) is 0 Å². The third-order valence-corrected chi connectivity index (χ3v) is 3.20. The van der Waals surface area contributed by atoms with Gasteiger partial charge in [-0.3, -0.25) is 4.68 Å². The van der Waals surface area contributed by atoms with Gasteiger partial charge >= 0.3 is 0 Å². The Balaban J connectivity index is 1.88. The zero-order valence-corrected chi connectivity index (χ0v) is 12.4. The summed E-state index contributed by atoms with van der Waals surface area (Å²) in [4.78, 5) is 0. The summed E-state index contributed by atoms with van der Waals surface area (Å²) in [5, 5.41) is 11.4. The molecule has 1 heterocycles. The highest BCUT2D eigenvalue weighted by Crippen LogP contribution is 2.08. The molecule has 0 atom stereocenters. The molecule has 0 aliphatic heterocycles. The van der Waals surface area contributed by atoms with Crippen molar-refractivity contribution in [3.05, 3.63) is 11.9 Å². The quantitative estimate of drug-likeness (QED) is 0.601. The fraction of sp³-hybridized carbons (Fsp3) is 0.857. The van der Waals surface area contributed by atoms with E-state index in [-0.39, 0.29) is 0 Å². The van der Waals surface area contributed by atoms with Gasteiger partial charge in [-0.2, -0.15) is 0 Å². The van der Waals surface area contributed by atoms with Gasteiger partial charge in [0.1, 0.15) is 0 Å². The Hall–Kier alpha value is -0.940. The summed E-state index contributed by atoms with van der Waals surface area (Å²) in [6.07, 6.45) is 8.61. The second-order valence-corrected chi connectivity index (χ2v) is 5.52. The molecule has 5 heteroatoms. The summed E-state index contributed by atoms with van der Waals surface area (Å²) in [5.74, 6) is 0.846. The second-order valence-electron chi connectivity index (χ2n) is 5.52. The van der Waals surface area contributed by atoms with Crippen LogP contribution in [0.5, 0.6) is 0 Å². The van der Waals surface area contributed by atoms with Crippen LogP contribution in [0.15, 0.2) is 6.20 Å². The van der Waals surface area contributed by atoms with Crippen molar-refractivity contribution in [3.63, 3.8) is 0 Å². The molecule has 0 fully saturated rings. The van der Waals surface area contributed by atoms with Gasteiger partial charge in [0.2, 0.25) is 0 Å². The molecule has 110 valence electrons. The third-order valence-electron chi connectivity index (χ3n) is 3.20. The Morgan fingerprint density at radius 1 is 1.21 bits per heavy atom. The molecule has 0 spiro atoms. The van der Waals surface area contributed by atoms with Gasteiger partial charge in [-0.05, 0) is 18.9 Å². The zero-order chi connectivity index (χ0) is 13.9. The van der Waals surface area contributed by atoms with Gasteiger partial charge in [-0.25, -0.2) is 0 Å². The van der Waals surface area contributed by atoms with Gasteiger partial charge in [-0.15, -0.1) is 5.10 Å². The summed E-state index contributed by atoms with van der Waals surface area (Å²) in [5.41, 5.74) is 6.34. The van der Waals surface area contributed by atoms with Gasteiger partial charge in [0.25, 0.3) is 0 Å². The van der Waals surface area contributed by atoms with Crippen molar-refractivity contribution in [2.24, 2.45) is 11.7 Å². The van der Waals surface area contributed by atoms with Crippen LogP contribution in [0.1, 0.15) is 51.6 Å². The molecule has 1 aromatic heterocycles. The van der Waals surface area contributed by atoms with Crippen LogP contribution in [-0.2, 0) is 13.1 Å². The third kappa shape index (κ3) is 7.95. The Morgan fingerprint density at radius 2 is 2.00 bits per heavy atom. The second kappa shape index (κ2) is 9.92. The monoisotopic (exact) mass is 267 g/mol. The van der Waals surface area contributed by atoms with Crippen LogP contribution in [0.4, 0.5) is 0 Å². The zero-order valence-electron chi connectivity index (χ0n) is 12.4. The molecule has 0 radical (unpaired) electrons. The summed E-state index contributed by atoms with van der Waals surface area (Å²) < 4.78 is 1.85. The lowest BCUT2D eigenvalue weighted by Crippen LogP contribution is -2.21. The predicted octanol–water partition coefficient (Wildman–Crippen LogP) is 1.93. The van der Waals surface area contributed by atoms with Crippen LogP contribution in [0.2, 0.25) is 0 Å². The van der Waals surface area contributed by atoms with Gasteiger partial charge in [-0.1, -0.05) is 44.7 Å². The first-order chi connectivity index (χ1) is 9.22. The highest BCUT2D eigenvalue weighted by molar-refractivity contribution is 4.90. The van der Waals surface area contributed by atoms with Gasteiger partial charge in [0.05, 0.1) is 12.2 Å². The minimum Gasteiger partial charge on any atom is -0.325 e. The van der Waals surface area contributed by atoms with Gasteiger partial charge in [0.15, 0.2) is 0 Å². The average molecular weight is 267 g/mol. The molecule has 1 rings (SSSR count). The average Bonchev–Trinajstić information content (AvgIpc) is 2.84. The van der Waals surface area contributed by atoms with Crippen LogP contribution in [0.3, 0.4) is 0 Å². The fourth-order valence-corrected chi connectivity index (χ4v) is 2.02. The summed E-state index contributed by atoms with van der Waals surface area (Å²) in [7, 11) is 0. The van der Waals surface area contributed by atoms with E-state index in [4.69, 9.17) is 5.73 Å². The van der Waals surface area contributed by atoms with Crippen molar-refractivity contribution in [3.8, 4) is 0 Å². The maximum Gasteiger partial charge on any atom is 0.0962 e. The van der Waals surface area contributed by atoms with Crippen LogP contribution >= 0.6 is 0 Å². The lowest BCUT2D eigenvalue weighted by Gasteiger charge is -2.06. The number of nitrogens with one attached hydrogen (secondary N) is 1. The number of hydrogen-bond acceptors (Lipinski definition) is 4. The molecule has 19 heavy (non-hydrogen) atoms. The van der Waals surface area contributed by atoms with Crippen molar-refractivity contribution in [1.82, 2.24) is 20.3 Å². The lowest BCUT2D eigenvalue weighted by molar-refractivity contribution is 0.500. The van der Waals surface area contributed by atoms with Crippen molar-refractivity contribution in [2.45, 2.75) is 59.0 Å². The van der Waals surface area contributed by atoms with Gasteiger partial charge < -0.3 is 11.1 Å². The van der Waals surface area contributed by atoms with Crippen molar-refractivity contribution in [2.75, 3.05) is 13.1 Å². The summed E-state index contributed by atoms with van der Waals surface area (Å²) >= 11 is 0.